The largest absolute Gasteiger partial charge is 0.444 e. The number of carbonyl (C=O) groups excluding carboxylic acids is 2. The number of halogens is 3. The summed E-state index contributed by atoms with van der Waals surface area (Å²) in [6, 6.07) is 2.13. The zero-order chi connectivity index (χ0) is 22.2. The molecule has 9 heteroatoms. The average Bonchev–Trinajstić information content (AvgIpc) is 3.23. The van der Waals surface area contributed by atoms with Crippen molar-refractivity contribution >= 4 is 27.9 Å². The van der Waals surface area contributed by atoms with Gasteiger partial charge in [-0.15, -0.1) is 0 Å². The van der Waals surface area contributed by atoms with E-state index in [1.54, 1.807) is 20.8 Å². The normalized spacial score (nSPS) is 23.8. The third kappa shape index (κ3) is 4.75. The Morgan fingerprint density at radius 3 is 2.53 bits per heavy atom. The van der Waals surface area contributed by atoms with Gasteiger partial charge in [-0.3, -0.25) is 9.69 Å². The van der Waals surface area contributed by atoms with Crippen molar-refractivity contribution in [3.63, 3.8) is 0 Å². The lowest BCUT2D eigenvalue weighted by Crippen LogP contribution is -2.55. The summed E-state index contributed by atoms with van der Waals surface area (Å²) in [6.07, 6.45) is 1.42. The second-order valence-corrected chi connectivity index (χ2v) is 9.72. The minimum atomic E-state index is -1.14. The van der Waals surface area contributed by atoms with Gasteiger partial charge in [0.2, 0.25) is 5.91 Å². The van der Waals surface area contributed by atoms with Crippen LogP contribution in [0.5, 0.6) is 0 Å². The van der Waals surface area contributed by atoms with Crippen LogP contribution < -0.4 is 5.32 Å². The van der Waals surface area contributed by atoms with Gasteiger partial charge in [0, 0.05) is 22.5 Å². The van der Waals surface area contributed by atoms with Crippen molar-refractivity contribution in [2.45, 2.75) is 70.2 Å². The molecule has 1 aromatic carbocycles. The van der Waals surface area contributed by atoms with Crippen LogP contribution in [0.4, 0.5) is 13.6 Å². The smallest absolute Gasteiger partial charge is 0.411 e. The fourth-order valence-electron chi connectivity index (χ4n) is 4.26. The Balaban J connectivity index is 1.74. The SMILES string of the molecule is CC(C)(C)OC(=O)N1C2CCC(C2)[C@H]1C(=O)NC(C#N)Cc1c(F)cc(Br)cc1F. The lowest BCUT2D eigenvalue weighted by atomic mass is 9.97. The lowest BCUT2D eigenvalue weighted by Gasteiger charge is -2.35. The maximum atomic E-state index is 14.1. The van der Waals surface area contributed by atoms with E-state index in [1.807, 2.05) is 6.07 Å². The number of amides is 2. The molecule has 1 N–H and O–H groups in total. The van der Waals surface area contributed by atoms with Crippen LogP contribution in [-0.4, -0.2) is 40.6 Å². The molecule has 0 aromatic heterocycles. The molecule has 4 atom stereocenters. The first-order valence-corrected chi connectivity index (χ1v) is 10.6. The molecule has 3 unspecified atom stereocenters. The minimum Gasteiger partial charge on any atom is -0.444 e. The average molecular weight is 484 g/mol. The van der Waals surface area contributed by atoms with Gasteiger partial charge in [-0.2, -0.15) is 5.26 Å². The van der Waals surface area contributed by atoms with Crippen molar-refractivity contribution in [2.24, 2.45) is 5.92 Å². The Morgan fingerprint density at radius 2 is 1.97 bits per heavy atom. The van der Waals surface area contributed by atoms with Crippen LogP contribution in [0.2, 0.25) is 0 Å². The molecule has 6 nitrogen and oxygen atoms in total. The van der Waals surface area contributed by atoms with Gasteiger partial charge in [-0.05, 0) is 58.1 Å². The summed E-state index contributed by atoms with van der Waals surface area (Å²) in [5.74, 6) is -2.13. The summed E-state index contributed by atoms with van der Waals surface area (Å²) in [6.45, 7) is 5.25. The molecule has 1 heterocycles. The quantitative estimate of drug-likeness (QED) is 0.699. The second kappa shape index (κ2) is 8.50. The highest BCUT2D eigenvalue weighted by atomic mass is 79.9. The van der Waals surface area contributed by atoms with Gasteiger partial charge in [0.25, 0.3) is 0 Å². The molecule has 1 saturated carbocycles. The zero-order valence-electron chi connectivity index (χ0n) is 17.0. The molecule has 2 amide bonds. The molecule has 0 radical (unpaired) electrons. The van der Waals surface area contributed by atoms with Gasteiger partial charge in [0.15, 0.2) is 0 Å². The first-order valence-electron chi connectivity index (χ1n) is 9.85. The number of fused-ring (bicyclic) bond motifs is 2. The molecule has 162 valence electrons. The number of carbonyl (C=O) groups is 2. The van der Waals surface area contributed by atoms with Crippen molar-refractivity contribution < 1.29 is 23.1 Å². The van der Waals surface area contributed by atoms with Crippen LogP contribution in [0.15, 0.2) is 16.6 Å². The summed E-state index contributed by atoms with van der Waals surface area (Å²) >= 11 is 3.01. The summed E-state index contributed by atoms with van der Waals surface area (Å²) in [4.78, 5) is 27.1. The van der Waals surface area contributed by atoms with E-state index in [0.29, 0.717) is 6.42 Å². The molecule has 2 aliphatic rings. The first kappa shape index (κ1) is 22.5. The molecular formula is C21H24BrF2N3O3. The summed E-state index contributed by atoms with van der Waals surface area (Å²) in [7, 11) is 0. The van der Waals surface area contributed by atoms with Crippen molar-refractivity contribution in [3.8, 4) is 6.07 Å². The van der Waals surface area contributed by atoms with E-state index in [-0.39, 0.29) is 28.4 Å². The highest BCUT2D eigenvalue weighted by Gasteiger charge is 2.52. The lowest BCUT2D eigenvalue weighted by molar-refractivity contribution is -0.128. The van der Waals surface area contributed by atoms with Crippen LogP contribution in [0.3, 0.4) is 0 Å². The number of nitriles is 1. The Kier molecular flexibility index (Phi) is 6.37. The van der Waals surface area contributed by atoms with E-state index < -0.39 is 41.3 Å². The van der Waals surface area contributed by atoms with Crippen LogP contribution in [0.25, 0.3) is 0 Å². The predicted molar refractivity (Wildman–Crippen MR) is 108 cm³/mol. The molecule has 1 saturated heterocycles. The Labute approximate surface area is 182 Å². The maximum absolute atomic E-state index is 14.1. The Hall–Kier alpha value is -2.21. The molecule has 1 aromatic rings. The number of hydrogen-bond acceptors (Lipinski definition) is 4. The zero-order valence-corrected chi connectivity index (χ0v) is 18.6. The van der Waals surface area contributed by atoms with Crippen LogP contribution in [0.1, 0.15) is 45.6 Å². The van der Waals surface area contributed by atoms with E-state index in [4.69, 9.17) is 4.74 Å². The van der Waals surface area contributed by atoms with E-state index >= 15 is 0 Å². The van der Waals surface area contributed by atoms with Gasteiger partial charge >= 0.3 is 6.09 Å². The van der Waals surface area contributed by atoms with E-state index in [2.05, 4.69) is 21.2 Å². The van der Waals surface area contributed by atoms with Crippen LogP contribution in [0, 0.1) is 28.9 Å². The number of nitrogens with one attached hydrogen (secondary N) is 1. The first-order chi connectivity index (χ1) is 14.0. The number of benzene rings is 1. The Morgan fingerprint density at radius 1 is 1.33 bits per heavy atom. The van der Waals surface area contributed by atoms with Crippen molar-refractivity contribution in [1.82, 2.24) is 10.2 Å². The highest BCUT2D eigenvalue weighted by Crippen LogP contribution is 2.43. The van der Waals surface area contributed by atoms with Gasteiger partial charge in [-0.25, -0.2) is 13.6 Å². The predicted octanol–water partition coefficient (Wildman–Crippen LogP) is 4.07. The fraction of sp³-hybridized carbons (Fsp3) is 0.571. The maximum Gasteiger partial charge on any atom is 0.411 e. The van der Waals surface area contributed by atoms with E-state index in [0.717, 1.165) is 25.0 Å². The monoisotopic (exact) mass is 483 g/mol. The van der Waals surface area contributed by atoms with Crippen molar-refractivity contribution in [3.05, 3.63) is 33.8 Å². The molecule has 2 bridgehead atoms. The third-order valence-corrected chi connectivity index (χ3v) is 5.90. The van der Waals surface area contributed by atoms with E-state index in [1.165, 1.54) is 4.90 Å². The summed E-state index contributed by atoms with van der Waals surface area (Å²) in [5.41, 5.74) is -0.979. The summed E-state index contributed by atoms with van der Waals surface area (Å²) < 4.78 is 34.0. The number of ether oxygens (including phenoxy) is 1. The second-order valence-electron chi connectivity index (χ2n) is 8.80. The number of piperidine rings is 1. The van der Waals surface area contributed by atoms with Gasteiger partial charge in [-0.1, -0.05) is 15.9 Å². The molecule has 3 rings (SSSR count). The minimum absolute atomic E-state index is 0.0250. The Bertz CT molecular complexity index is 873. The van der Waals surface area contributed by atoms with Crippen LogP contribution in [-0.2, 0) is 16.0 Å². The molecule has 30 heavy (non-hydrogen) atoms. The van der Waals surface area contributed by atoms with E-state index in [9.17, 15) is 23.6 Å². The number of likely N-dealkylation sites (tertiary alicyclic amines) is 1. The van der Waals surface area contributed by atoms with Gasteiger partial charge < -0.3 is 10.1 Å². The third-order valence-electron chi connectivity index (χ3n) is 5.44. The highest BCUT2D eigenvalue weighted by molar-refractivity contribution is 9.10. The standard InChI is InChI=1S/C21H24BrF2N3O3/c1-21(2,3)30-20(29)27-14-5-4-11(6-14)18(27)19(28)26-13(10-25)9-15-16(23)7-12(22)8-17(15)24/h7-8,11,13-14,18H,4-6,9H2,1-3H3,(H,26,28)/t11?,13?,14?,18-/m0/s1. The van der Waals surface area contributed by atoms with Crippen molar-refractivity contribution in [2.75, 3.05) is 0 Å². The number of nitrogens with zero attached hydrogens (tertiary/aromatic N) is 2. The van der Waals surface area contributed by atoms with Crippen molar-refractivity contribution in [1.29, 1.82) is 5.26 Å². The molecule has 0 spiro atoms. The molecule has 2 fully saturated rings. The number of hydrogen-bond donors (Lipinski definition) is 1. The molecule has 1 aliphatic heterocycles. The number of rotatable bonds is 4. The fourth-order valence-corrected chi connectivity index (χ4v) is 4.66. The van der Waals surface area contributed by atoms with Crippen LogP contribution >= 0.6 is 15.9 Å². The van der Waals surface area contributed by atoms with Gasteiger partial charge in [0.1, 0.15) is 29.3 Å². The van der Waals surface area contributed by atoms with Gasteiger partial charge in [0.05, 0.1) is 6.07 Å². The topological polar surface area (TPSA) is 82.4 Å². The summed E-state index contributed by atoms with van der Waals surface area (Å²) in [5, 5.41) is 12.0. The molecular weight excluding hydrogens is 460 g/mol. The molecule has 1 aliphatic carbocycles.